The number of thiophene rings is 1. The molecule has 0 saturated carbocycles. The Morgan fingerprint density at radius 3 is 2.44 bits per heavy atom. The van der Waals surface area contributed by atoms with Crippen LogP contribution in [0.5, 0.6) is 0 Å². The molecule has 1 aliphatic carbocycles. The molecule has 0 aromatic carbocycles. The zero-order chi connectivity index (χ0) is 6.27. The van der Waals surface area contributed by atoms with Gasteiger partial charge in [-0.25, -0.2) is 0 Å². The monoisotopic (exact) mass is 139 g/mol. The maximum Gasteiger partial charge on any atom is 0.0121 e. The van der Waals surface area contributed by atoms with Gasteiger partial charge in [0.2, 0.25) is 0 Å². The lowest BCUT2D eigenvalue weighted by molar-refractivity contribution is 0.721. The first-order valence-electron chi connectivity index (χ1n) is 3.16. The normalized spacial score (nSPS) is 18.3. The molecule has 0 bridgehead atoms. The molecule has 0 aliphatic heterocycles. The molecule has 0 unspecified atom stereocenters. The van der Waals surface area contributed by atoms with Gasteiger partial charge in [-0.3, -0.25) is 0 Å². The molecule has 1 aliphatic rings. The highest BCUT2D eigenvalue weighted by molar-refractivity contribution is 7.08. The molecule has 0 radical (unpaired) electrons. The van der Waals surface area contributed by atoms with E-state index in [1.165, 1.54) is 11.1 Å². The summed E-state index contributed by atoms with van der Waals surface area (Å²) in [5.74, 6) is 0. The summed E-state index contributed by atoms with van der Waals surface area (Å²) in [5.41, 5.74) is 8.69. The minimum atomic E-state index is 0.406. The van der Waals surface area contributed by atoms with Crippen molar-refractivity contribution in [3.63, 3.8) is 0 Å². The SMILES string of the molecule is NC1Cc2cscc2C1. The average Bonchev–Trinajstić information content (AvgIpc) is 2.22. The molecule has 2 heteroatoms. The zero-order valence-corrected chi connectivity index (χ0v) is 5.95. The van der Waals surface area contributed by atoms with Gasteiger partial charge in [0, 0.05) is 6.04 Å². The van der Waals surface area contributed by atoms with E-state index in [1.54, 1.807) is 11.3 Å². The maximum atomic E-state index is 5.73. The van der Waals surface area contributed by atoms with Crippen LogP contribution in [0.4, 0.5) is 0 Å². The minimum Gasteiger partial charge on any atom is -0.327 e. The van der Waals surface area contributed by atoms with Crippen molar-refractivity contribution >= 4 is 11.3 Å². The number of hydrogen-bond donors (Lipinski definition) is 1. The molecular formula is C7H9NS. The van der Waals surface area contributed by atoms with Gasteiger partial charge >= 0.3 is 0 Å². The van der Waals surface area contributed by atoms with Crippen LogP contribution in [0.3, 0.4) is 0 Å². The van der Waals surface area contributed by atoms with Crippen molar-refractivity contribution < 1.29 is 0 Å². The van der Waals surface area contributed by atoms with Crippen molar-refractivity contribution in [3.8, 4) is 0 Å². The molecule has 1 heterocycles. The van der Waals surface area contributed by atoms with Crippen LogP contribution in [-0.2, 0) is 12.8 Å². The van der Waals surface area contributed by atoms with Crippen molar-refractivity contribution in [2.24, 2.45) is 5.73 Å². The Bertz CT molecular complexity index is 196. The molecular weight excluding hydrogens is 130 g/mol. The smallest absolute Gasteiger partial charge is 0.0121 e. The average molecular weight is 139 g/mol. The number of rotatable bonds is 0. The van der Waals surface area contributed by atoms with Gasteiger partial charge in [-0.15, -0.1) is 0 Å². The molecule has 0 atom stereocenters. The van der Waals surface area contributed by atoms with E-state index < -0.39 is 0 Å². The highest BCUT2D eigenvalue weighted by Gasteiger charge is 2.17. The third-order valence-electron chi connectivity index (χ3n) is 1.80. The van der Waals surface area contributed by atoms with Crippen LogP contribution in [0.15, 0.2) is 10.8 Å². The quantitative estimate of drug-likeness (QED) is 0.573. The van der Waals surface area contributed by atoms with Crippen LogP contribution < -0.4 is 5.73 Å². The fourth-order valence-corrected chi connectivity index (χ4v) is 2.24. The molecule has 1 aromatic heterocycles. The predicted molar refractivity (Wildman–Crippen MR) is 39.7 cm³/mol. The van der Waals surface area contributed by atoms with E-state index in [0.29, 0.717) is 6.04 Å². The second-order valence-corrected chi connectivity index (χ2v) is 3.33. The number of nitrogens with two attached hydrogens (primary N) is 1. The van der Waals surface area contributed by atoms with Crippen molar-refractivity contribution in [3.05, 3.63) is 21.9 Å². The molecule has 0 amide bonds. The standard InChI is InChI=1S/C7H9NS/c8-7-1-5-3-9-4-6(5)2-7/h3-4,7H,1-2,8H2. The van der Waals surface area contributed by atoms with E-state index in [2.05, 4.69) is 10.8 Å². The van der Waals surface area contributed by atoms with Gasteiger partial charge in [-0.2, -0.15) is 11.3 Å². The topological polar surface area (TPSA) is 26.0 Å². The fraction of sp³-hybridized carbons (Fsp3) is 0.429. The summed E-state index contributed by atoms with van der Waals surface area (Å²) in [7, 11) is 0. The summed E-state index contributed by atoms with van der Waals surface area (Å²) in [5, 5.41) is 4.42. The molecule has 2 N–H and O–H groups in total. The van der Waals surface area contributed by atoms with E-state index in [-0.39, 0.29) is 0 Å². The Balaban J connectivity index is 2.39. The van der Waals surface area contributed by atoms with E-state index in [9.17, 15) is 0 Å². The van der Waals surface area contributed by atoms with E-state index in [1.807, 2.05) is 0 Å². The Kier molecular flexibility index (Phi) is 1.10. The van der Waals surface area contributed by atoms with Gasteiger partial charge < -0.3 is 5.73 Å². The first-order valence-corrected chi connectivity index (χ1v) is 4.10. The van der Waals surface area contributed by atoms with Gasteiger partial charge in [0.05, 0.1) is 0 Å². The van der Waals surface area contributed by atoms with Crippen molar-refractivity contribution in [1.82, 2.24) is 0 Å². The van der Waals surface area contributed by atoms with Gasteiger partial charge in [0.15, 0.2) is 0 Å². The van der Waals surface area contributed by atoms with Crippen molar-refractivity contribution in [2.45, 2.75) is 18.9 Å². The van der Waals surface area contributed by atoms with Crippen molar-refractivity contribution in [1.29, 1.82) is 0 Å². The molecule has 48 valence electrons. The summed E-state index contributed by atoms with van der Waals surface area (Å²) >= 11 is 1.79. The molecule has 0 fully saturated rings. The predicted octanol–water partition coefficient (Wildman–Crippen LogP) is 1.17. The van der Waals surface area contributed by atoms with Crippen LogP contribution in [0.25, 0.3) is 0 Å². The van der Waals surface area contributed by atoms with Crippen molar-refractivity contribution in [2.75, 3.05) is 0 Å². The summed E-state index contributed by atoms with van der Waals surface area (Å²) in [6, 6.07) is 0.406. The molecule has 2 rings (SSSR count). The largest absolute Gasteiger partial charge is 0.327 e. The Labute approximate surface area is 58.5 Å². The lowest BCUT2D eigenvalue weighted by Gasteiger charge is -1.95. The van der Waals surface area contributed by atoms with E-state index in [4.69, 9.17) is 5.73 Å². The molecule has 0 spiro atoms. The molecule has 0 saturated heterocycles. The Hall–Kier alpha value is -0.340. The molecule has 1 nitrogen and oxygen atoms in total. The third kappa shape index (κ3) is 0.787. The molecule has 1 aromatic rings. The fourth-order valence-electron chi connectivity index (χ4n) is 1.35. The van der Waals surface area contributed by atoms with Crippen LogP contribution in [-0.4, -0.2) is 6.04 Å². The van der Waals surface area contributed by atoms with Gasteiger partial charge in [0.25, 0.3) is 0 Å². The lowest BCUT2D eigenvalue weighted by atomic mass is 10.2. The van der Waals surface area contributed by atoms with Gasteiger partial charge in [0.1, 0.15) is 0 Å². The maximum absolute atomic E-state index is 5.73. The highest BCUT2D eigenvalue weighted by Crippen LogP contribution is 2.24. The third-order valence-corrected chi connectivity index (χ3v) is 2.64. The zero-order valence-electron chi connectivity index (χ0n) is 5.13. The van der Waals surface area contributed by atoms with Gasteiger partial charge in [-0.05, 0) is 34.7 Å². The first kappa shape index (κ1) is 5.45. The van der Waals surface area contributed by atoms with Crippen LogP contribution >= 0.6 is 11.3 Å². The van der Waals surface area contributed by atoms with E-state index >= 15 is 0 Å². The summed E-state index contributed by atoms with van der Waals surface area (Å²) in [4.78, 5) is 0. The first-order chi connectivity index (χ1) is 4.36. The van der Waals surface area contributed by atoms with Crippen LogP contribution in [0.1, 0.15) is 11.1 Å². The summed E-state index contributed by atoms with van der Waals surface area (Å²) in [6.45, 7) is 0. The molecule has 9 heavy (non-hydrogen) atoms. The lowest BCUT2D eigenvalue weighted by Crippen LogP contribution is -2.19. The second-order valence-electron chi connectivity index (χ2n) is 2.59. The summed E-state index contributed by atoms with van der Waals surface area (Å²) in [6.07, 6.45) is 2.19. The van der Waals surface area contributed by atoms with Crippen LogP contribution in [0, 0.1) is 0 Å². The Morgan fingerprint density at radius 2 is 1.89 bits per heavy atom. The number of hydrogen-bond acceptors (Lipinski definition) is 2. The van der Waals surface area contributed by atoms with Gasteiger partial charge in [-0.1, -0.05) is 0 Å². The van der Waals surface area contributed by atoms with Crippen LogP contribution in [0.2, 0.25) is 0 Å². The summed E-state index contributed by atoms with van der Waals surface area (Å²) < 4.78 is 0. The Morgan fingerprint density at radius 1 is 1.33 bits per heavy atom. The second kappa shape index (κ2) is 1.82. The highest BCUT2D eigenvalue weighted by atomic mass is 32.1. The number of fused-ring (bicyclic) bond motifs is 1. The van der Waals surface area contributed by atoms with E-state index in [0.717, 1.165) is 12.8 Å². The minimum absolute atomic E-state index is 0.406.